The van der Waals surface area contributed by atoms with Gasteiger partial charge >= 0.3 is 5.97 Å². The molecule has 0 aromatic carbocycles. The van der Waals surface area contributed by atoms with Crippen LogP contribution in [0.4, 0.5) is 0 Å². The summed E-state index contributed by atoms with van der Waals surface area (Å²) < 4.78 is 1.71. The minimum Gasteiger partial charge on any atom is -0.481 e. The maximum atomic E-state index is 12.5. The molecule has 2 aromatic heterocycles. The van der Waals surface area contributed by atoms with E-state index in [1.165, 1.54) is 6.42 Å². The van der Waals surface area contributed by atoms with Crippen molar-refractivity contribution in [1.82, 2.24) is 19.9 Å². The molecule has 1 fully saturated rings. The largest absolute Gasteiger partial charge is 0.481 e. The van der Waals surface area contributed by atoms with E-state index in [4.69, 9.17) is 5.11 Å². The molecule has 3 rings (SSSR count). The van der Waals surface area contributed by atoms with E-state index >= 15 is 0 Å². The molecular weight excluding hydrogens is 296 g/mol. The fraction of sp³-hybridized carbons (Fsp3) is 0.500. The van der Waals surface area contributed by atoms with E-state index in [1.54, 1.807) is 29.1 Å². The predicted octanol–water partition coefficient (Wildman–Crippen LogP) is 1.88. The molecule has 1 atom stereocenters. The number of nitrogens with one attached hydrogen (secondary N) is 1. The highest BCUT2D eigenvalue weighted by molar-refractivity contribution is 5.95. The lowest BCUT2D eigenvalue weighted by Gasteiger charge is -2.30. The standard InChI is InChI=1S/C16H20N4O3/c21-15(22)9-13(11-4-2-1-3-5-11)18-16(23)12-6-7-20-10-17-19-14(20)8-12/h6-8,10-11,13H,1-5,9H2,(H,18,23)(H,21,22)/t13-/m0/s1. The Labute approximate surface area is 133 Å². The van der Waals surface area contributed by atoms with Gasteiger partial charge in [0.25, 0.3) is 5.91 Å². The number of hydrogen-bond donors (Lipinski definition) is 2. The normalized spacial score (nSPS) is 17.0. The summed E-state index contributed by atoms with van der Waals surface area (Å²) in [7, 11) is 0. The van der Waals surface area contributed by atoms with Crippen molar-refractivity contribution in [3.05, 3.63) is 30.2 Å². The molecular formula is C16H20N4O3. The van der Waals surface area contributed by atoms with Crippen LogP contribution < -0.4 is 5.32 Å². The Balaban J connectivity index is 1.74. The summed E-state index contributed by atoms with van der Waals surface area (Å²) in [6.07, 6.45) is 8.58. The maximum absolute atomic E-state index is 12.5. The number of nitrogens with zero attached hydrogens (tertiary/aromatic N) is 3. The Kier molecular flexibility index (Phi) is 4.55. The molecule has 2 aromatic rings. The summed E-state index contributed by atoms with van der Waals surface area (Å²) in [5, 5.41) is 19.7. The molecule has 7 heteroatoms. The van der Waals surface area contributed by atoms with Gasteiger partial charge in [-0.3, -0.25) is 14.0 Å². The Hall–Kier alpha value is -2.44. The lowest BCUT2D eigenvalue weighted by atomic mass is 9.82. The zero-order valence-electron chi connectivity index (χ0n) is 12.8. The van der Waals surface area contributed by atoms with Crippen LogP contribution in [0.15, 0.2) is 24.7 Å². The van der Waals surface area contributed by atoms with Crippen LogP contribution in [0.3, 0.4) is 0 Å². The summed E-state index contributed by atoms with van der Waals surface area (Å²) in [6, 6.07) is 3.01. The number of pyridine rings is 1. The van der Waals surface area contributed by atoms with Gasteiger partial charge in [-0.2, -0.15) is 0 Å². The first-order valence-electron chi connectivity index (χ1n) is 7.95. The molecule has 2 heterocycles. The third kappa shape index (κ3) is 3.67. The van der Waals surface area contributed by atoms with Crippen LogP contribution in [0.25, 0.3) is 5.65 Å². The number of amides is 1. The Bertz CT molecular complexity index is 706. The van der Waals surface area contributed by atoms with Crippen molar-refractivity contribution < 1.29 is 14.7 Å². The molecule has 23 heavy (non-hydrogen) atoms. The van der Waals surface area contributed by atoms with Gasteiger partial charge in [0.1, 0.15) is 6.33 Å². The molecule has 0 spiro atoms. The van der Waals surface area contributed by atoms with E-state index < -0.39 is 5.97 Å². The van der Waals surface area contributed by atoms with E-state index in [0.29, 0.717) is 11.2 Å². The van der Waals surface area contributed by atoms with E-state index in [2.05, 4.69) is 15.5 Å². The second kappa shape index (κ2) is 6.76. The summed E-state index contributed by atoms with van der Waals surface area (Å²) >= 11 is 0. The van der Waals surface area contributed by atoms with Crippen LogP contribution in [0, 0.1) is 5.92 Å². The van der Waals surface area contributed by atoms with Crippen molar-refractivity contribution in [2.45, 2.75) is 44.6 Å². The number of carbonyl (C=O) groups excluding carboxylic acids is 1. The van der Waals surface area contributed by atoms with Crippen molar-refractivity contribution in [3.8, 4) is 0 Å². The van der Waals surface area contributed by atoms with E-state index in [-0.39, 0.29) is 24.3 Å². The summed E-state index contributed by atoms with van der Waals surface area (Å²) in [6.45, 7) is 0. The third-order valence-electron chi connectivity index (χ3n) is 4.49. The molecule has 0 saturated heterocycles. The highest BCUT2D eigenvalue weighted by Gasteiger charge is 2.27. The summed E-state index contributed by atoms with van der Waals surface area (Å²) in [4.78, 5) is 23.6. The van der Waals surface area contributed by atoms with Crippen LogP contribution in [-0.2, 0) is 4.79 Å². The fourth-order valence-electron chi connectivity index (χ4n) is 3.27. The van der Waals surface area contributed by atoms with E-state index in [0.717, 1.165) is 25.7 Å². The van der Waals surface area contributed by atoms with Crippen molar-refractivity contribution in [2.24, 2.45) is 5.92 Å². The first-order chi connectivity index (χ1) is 11.1. The molecule has 0 unspecified atom stereocenters. The average molecular weight is 316 g/mol. The molecule has 7 nitrogen and oxygen atoms in total. The molecule has 0 aliphatic heterocycles. The van der Waals surface area contributed by atoms with Gasteiger partial charge in [-0.25, -0.2) is 0 Å². The zero-order chi connectivity index (χ0) is 16.2. The van der Waals surface area contributed by atoms with E-state index in [1.807, 2.05) is 0 Å². The van der Waals surface area contributed by atoms with Gasteiger partial charge in [-0.05, 0) is 30.9 Å². The second-order valence-electron chi connectivity index (χ2n) is 6.09. The molecule has 0 radical (unpaired) electrons. The van der Waals surface area contributed by atoms with E-state index in [9.17, 15) is 9.59 Å². The minimum absolute atomic E-state index is 0.0381. The molecule has 1 aliphatic rings. The Morgan fingerprint density at radius 3 is 2.87 bits per heavy atom. The summed E-state index contributed by atoms with van der Waals surface area (Å²) in [5.74, 6) is -0.901. The molecule has 0 bridgehead atoms. The van der Waals surface area contributed by atoms with Crippen LogP contribution in [0.1, 0.15) is 48.9 Å². The van der Waals surface area contributed by atoms with Crippen LogP contribution in [-0.4, -0.2) is 37.6 Å². The van der Waals surface area contributed by atoms with Crippen molar-refractivity contribution in [2.75, 3.05) is 0 Å². The van der Waals surface area contributed by atoms with Gasteiger partial charge in [-0.15, -0.1) is 10.2 Å². The first-order valence-corrected chi connectivity index (χ1v) is 7.95. The van der Waals surface area contributed by atoms with Gasteiger partial charge in [0.2, 0.25) is 0 Å². The number of fused-ring (bicyclic) bond motifs is 1. The lowest BCUT2D eigenvalue weighted by molar-refractivity contribution is -0.137. The van der Waals surface area contributed by atoms with Gasteiger partial charge in [0.05, 0.1) is 6.42 Å². The number of carbonyl (C=O) groups is 2. The molecule has 122 valence electrons. The van der Waals surface area contributed by atoms with Gasteiger partial charge in [0.15, 0.2) is 5.65 Å². The highest BCUT2D eigenvalue weighted by Crippen LogP contribution is 2.28. The lowest BCUT2D eigenvalue weighted by Crippen LogP contribution is -2.42. The zero-order valence-corrected chi connectivity index (χ0v) is 12.8. The number of hydrogen-bond acceptors (Lipinski definition) is 4. The number of aliphatic carboxylic acids is 1. The second-order valence-corrected chi connectivity index (χ2v) is 6.09. The Morgan fingerprint density at radius 2 is 2.13 bits per heavy atom. The quantitative estimate of drug-likeness (QED) is 0.878. The average Bonchev–Trinajstić information content (AvgIpc) is 3.02. The van der Waals surface area contributed by atoms with Crippen molar-refractivity contribution >= 4 is 17.5 Å². The topological polar surface area (TPSA) is 96.6 Å². The molecule has 2 N–H and O–H groups in total. The van der Waals surface area contributed by atoms with Crippen molar-refractivity contribution in [3.63, 3.8) is 0 Å². The smallest absolute Gasteiger partial charge is 0.305 e. The first kappa shape index (κ1) is 15.5. The van der Waals surface area contributed by atoms with Gasteiger partial charge < -0.3 is 10.4 Å². The highest BCUT2D eigenvalue weighted by atomic mass is 16.4. The van der Waals surface area contributed by atoms with Crippen molar-refractivity contribution in [1.29, 1.82) is 0 Å². The SMILES string of the molecule is O=C(O)C[C@H](NC(=O)c1ccn2cnnc2c1)C1CCCCC1. The van der Waals surface area contributed by atoms with Crippen LogP contribution in [0.2, 0.25) is 0 Å². The number of carboxylic acid groups (broad SMARTS) is 1. The number of carboxylic acids is 1. The Morgan fingerprint density at radius 1 is 1.35 bits per heavy atom. The number of aromatic nitrogens is 3. The number of rotatable bonds is 5. The van der Waals surface area contributed by atoms with Gasteiger partial charge in [0, 0.05) is 17.8 Å². The molecule has 1 saturated carbocycles. The molecule has 1 aliphatic carbocycles. The summed E-state index contributed by atoms with van der Waals surface area (Å²) in [5.41, 5.74) is 1.06. The third-order valence-corrected chi connectivity index (χ3v) is 4.49. The van der Waals surface area contributed by atoms with Crippen LogP contribution in [0.5, 0.6) is 0 Å². The van der Waals surface area contributed by atoms with Gasteiger partial charge in [-0.1, -0.05) is 19.3 Å². The predicted molar refractivity (Wildman–Crippen MR) is 83.1 cm³/mol. The monoisotopic (exact) mass is 316 g/mol. The maximum Gasteiger partial charge on any atom is 0.305 e. The molecule has 1 amide bonds. The van der Waals surface area contributed by atoms with Crippen LogP contribution >= 0.6 is 0 Å². The minimum atomic E-state index is -0.881. The fourth-order valence-corrected chi connectivity index (χ4v) is 3.27.